The number of anilines is 1. The van der Waals surface area contributed by atoms with Crippen LogP contribution in [0.2, 0.25) is 5.02 Å². The fourth-order valence-electron chi connectivity index (χ4n) is 2.97. The number of carbonyl (C=O) groups excluding carboxylic acids is 1. The average Bonchev–Trinajstić information content (AvgIpc) is 2.66. The van der Waals surface area contributed by atoms with E-state index in [0.29, 0.717) is 27.1 Å². The van der Waals surface area contributed by atoms with Gasteiger partial charge in [0, 0.05) is 29.5 Å². The molecule has 0 spiro atoms. The average molecular weight is 402 g/mol. The zero-order valence-corrected chi connectivity index (χ0v) is 16.8. The quantitative estimate of drug-likeness (QED) is 0.755. The van der Waals surface area contributed by atoms with E-state index in [-0.39, 0.29) is 5.91 Å². The SMILES string of the molecule is COc1cccc(NC(=O)C2=C(C)N(C)C(=S)NC2c2ccccc2Cl)c1. The second kappa shape index (κ2) is 7.98. The van der Waals surface area contributed by atoms with E-state index in [9.17, 15) is 4.79 Å². The van der Waals surface area contributed by atoms with Crippen LogP contribution in [0.5, 0.6) is 5.75 Å². The summed E-state index contributed by atoms with van der Waals surface area (Å²) in [5.74, 6) is 0.439. The third-order valence-electron chi connectivity index (χ3n) is 4.54. The summed E-state index contributed by atoms with van der Waals surface area (Å²) in [4.78, 5) is 14.9. The molecule has 2 aromatic rings. The van der Waals surface area contributed by atoms with Gasteiger partial charge in [-0.3, -0.25) is 4.79 Å². The summed E-state index contributed by atoms with van der Waals surface area (Å²) in [6.07, 6.45) is 0. The first-order valence-corrected chi connectivity index (χ1v) is 9.15. The molecule has 0 aromatic heterocycles. The molecule has 5 nitrogen and oxygen atoms in total. The van der Waals surface area contributed by atoms with Gasteiger partial charge in [-0.2, -0.15) is 0 Å². The zero-order valence-electron chi connectivity index (χ0n) is 15.2. The summed E-state index contributed by atoms with van der Waals surface area (Å²) in [6.45, 7) is 1.87. The van der Waals surface area contributed by atoms with Gasteiger partial charge in [0.2, 0.25) is 0 Å². The number of carbonyl (C=O) groups is 1. The van der Waals surface area contributed by atoms with Crippen molar-refractivity contribution in [3.63, 3.8) is 0 Å². The molecule has 0 radical (unpaired) electrons. The molecular formula is C20H20ClN3O2S. The van der Waals surface area contributed by atoms with Gasteiger partial charge in [0.15, 0.2) is 5.11 Å². The summed E-state index contributed by atoms with van der Waals surface area (Å²) in [5.41, 5.74) is 2.77. The Hall–Kier alpha value is -2.57. The number of halogens is 1. The number of nitrogens with zero attached hydrogens (tertiary/aromatic N) is 1. The maximum atomic E-state index is 13.2. The first-order chi connectivity index (χ1) is 12.9. The molecule has 1 unspecified atom stereocenters. The highest BCUT2D eigenvalue weighted by atomic mass is 35.5. The lowest BCUT2D eigenvalue weighted by Gasteiger charge is -2.36. The van der Waals surface area contributed by atoms with Crippen LogP contribution in [0.15, 0.2) is 59.8 Å². The van der Waals surface area contributed by atoms with Crippen LogP contribution in [0.25, 0.3) is 0 Å². The summed E-state index contributed by atoms with van der Waals surface area (Å²) in [5, 5.41) is 7.27. The second-order valence-electron chi connectivity index (χ2n) is 6.15. The summed E-state index contributed by atoms with van der Waals surface area (Å²) in [6, 6.07) is 14.2. The van der Waals surface area contributed by atoms with Crippen LogP contribution in [-0.4, -0.2) is 30.1 Å². The molecule has 1 aliphatic rings. The zero-order chi connectivity index (χ0) is 19.6. The van der Waals surface area contributed by atoms with Gasteiger partial charge >= 0.3 is 0 Å². The number of amides is 1. The Kier molecular flexibility index (Phi) is 5.68. The molecular weight excluding hydrogens is 382 g/mol. The normalized spacial score (nSPS) is 16.8. The minimum atomic E-state index is -0.437. The fourth-order valence-corrected chi connectivity index (χ4v) is 3.47. The van der Waals surface area contributed by atoms with Gasteiger partial charge in [-0.25, -0.2) is 0 Å². The van der Waals surface area contributed by atoms with E-state index in [1.54, 1.807) is 24.1 Å². The number of thiocarbonyl (C=S) groups is 1. The molecule has 3 rings (SSSR count). The number of nitrogens with one attached hydrogen (secondary N) is 2. The molecule has 1 amide bonds. The molecule has 0 fully saturated rings. The molecule has 0 saturated carbocycles. The third-order valence-corrected chi connectivity index (χ3v) is 5.28. The van der Waals surface area contributed by atoms with Crippen molar-refractivity contribution in [3.8, 4) is 5.75 Å². The number of benzene rings is 2. The smallest absolute Gasteiger partial charge is 0.255 e. The molecule has 7 heteroatoms. The van der Waals surface area contributed by atoms with Gasteiger partial charge in [-0.15, -0.1) is 0 Å². The van der Waals surface area contributed by atoms with Crippen LogP contribution in [0.1, 0.15) is 18.5 Å². The predicted molar refractivity (Wildman–Crippen MR) is 112 cm³/mol. The highest BCUT2D eigenvalue weighted by molar-refractivity contribution is 7.80. The molecule has 1 aliphatic heterocycles. The van der Waals surface area contributed by atoms with Gasteiger partial charge in [0.25, 0.3) is 5.91 Å². The Balaban J connectivity index is 2.00. The Labute approximate surface area is 169 Å². The number of hydrogen-bond acceptors (Lipinski definition) is 3. The molecule has 2 aromatic carbocycles. The van der Waals surface area contributed by atoms with Gasteiger partial charge in [-0.05, 0) is 42.9 Å². The van der Waals surface area contributed by atoms with E-state index in [1.165, 1.54) is 0 Å². The van der Waals surface area contributed by atoms with E-state index in [2.05, 4.69) is 10.6 Å². The van der Waals surface area contributed by atoms with Gasteiger partial charge in [-0.1, -0.05) is 35.9 Å². The molecule has 1 heterocycles. The van der Waals surface area contributed by atoms with Gasteiger partial charge in [0.05, 0.1) is 18.7 Å². The Morgan fingerprint density at radius 2 is 2.00 bits per heavy atom. The highest BCUT2D eigenvalue weighted by Crippen LogP contribution is 2.34. The van der Waals surface area contributed by atoms with Crippen LogP contribution in [0.3, 0.4) is 0 Å². The topological polar surface area (TPSA) is 53.6 Å². The monoisotopic (exact) mass is 401 g/mol. The predicted octanol–water partition coefficient (Wildman–Crippen LogP) is 4.12. The van der Waals surface area contributed by atoms with E-state index >= 15 is 0 Å². The lowest BCUT2D eigenvalue weighted by molar-refractivity contribution is -0.113. The molecule has 0 aliphatic carbocycles. The highest BCUT2D eigenvalue weighted by Gasteiger charge is 2.33. The Bertz CT molecular complexity index is 929. The molecule has 0 saturated heterocycles. The van der Waals surface area contributed by atoms with Crippen molar-refractivity contribution in [2.75, 3.05) is 19.5 Å². The van der Waals surface area contributed by atoms with Crippen LogP contribution in [-0.2, 0) is 4.79 Å². The number of rotatable bonds is 4. The molecule has 140 valence electrons. The Morgan fingerprint density at radius 1 is 1.26 bits per heavy atom. The summed E-state index contributed by atoms with van der Waals surface area (Å²) in [7, 11) is 3.41. The molecule has 1 atom stereocenters. The van der Waals surface area contributed by atoms with Crippen LogP contribution in [0.4, 0.5) is 5.69 Å². The van der Waals surface area contributed by atoms with Crippen molar-refractivity contribution in [2.45, 2.75) is 13.0 Å². The molecule has 2 N–H and O–H groups in total. The van der Waals surface area contributed by atoms with E-state index in [4.69, 9.17) is 28.6 Å². The first kappa shape index (κ1) is 19.2. The lowest BCUT2D eigenvalue weighted by atomic mass is 9.94. The van der Waals surface area contributed by atoms with Crippen LogP contribution < -0.4 is 15.4 Å². The van der Waals surface area contributed by atoms with Crippen molar-refractivity contribution in [3.05, 3.63) is 70.4 Å². The van der Waals surface area contributed by atoms with Crippen molar-refractivity contribution in [1.82, 2.24) is 10.2 Å². The summed E-state index contributed by atoms with van der Waals surface area (Å²) >= 11 is 11.8. The first-order valence-electron chi connectivity index (χ1n) is 8.37. The maximum absolute atomic E-state index is 13.2. The fraction of sp³-hybridized carbons (Fsp3) is 0.200. The number of hydrogen-bond donors (Lipinski definition) is 2. The second-order valence-corrected chi connectivity index (χ2v) is 6.94. The van der Waals surface area contributed by atoms with Gasteiger partial charge in [0.1, 0.15) is 5.75 Å². The third kappa shape index (κ3) is 3.91. The number of ether oxygens (including phenoxy) is 1. The standard InChI is InChI=1S/C20H20ClN3O2S/c1-12-17(19(25)22-13-7-6-8-14(11-13)26-3)18(23-20(27)24(12)2)15-9-4-5-10-16(15)21/h4-11,18H,1-3H3,(H,22,25)(H,23,27). The lowest BCUT2D eigenvalue weighted by Crippen LogP contribution is -2.46. The van der Waals surface area contributed by atoms with Crippen molar-refractivity contribution in [1.29, 1.82) is 0 Å². The maximum Gasteiger partial charge on any atom is 0.255 e. The van der Waals surface area contributed by atoms with Gasteiger partial charge < -0.3 is 20.3 Å². The minimum Gasteiger partial charge on any atom is -0.497 e. The van der Waals surface area contributed by atoms with E-state index < -0.39 is 6.04 Å². The molecule has 0 bridgehead atoms. The van der Waals surface area contributed by atoms with Crippen LogP contribution >= 0.6 is 23.8 Å². The summed E-state index contributed by atoms with van der Waals surface area (Å²) < 4.78 is 5.22. The van der Waals surface area contributed by atoms with Crippen molar-refractivity contribution in [2.24, 2.45) is 0 Å². The molecule has 27 heavy (non-hydrogen) atoms. The number of methoxy groups -OCH3 is 1. The van der Waals surface area contributed by atoms with Crippen molar-refractivity contribution < 1.29 is 9.53 Å². The number of allylic oxidation sites excluding steroid dienone is 1. The van der Waals surface area contributed by atoms with E-state index in [0.717, 1.165) is 11.3 Å². The largest absolute Gasteiger partial charge is 0.497 e. The van der Waals surface area contributed by atoms with E-state index in [1.807, 2.05) is 50.4 Å². The van der Waals surface area contributed by atoms with Crippen LogP contribution in [0, 0.1) is 0 Å². The minimum absolute atomic E-state index is 0.229. The van der Waals surface area contributed by atoms with Crippen molar-refractivity contribution >= 4 is 40.5 Å². The Morgan fingerprint density at radius 3 is 2.70 bits per heavy atom.